The van der Waals surface area contributed by atoms with E-state index in [0.29, 0.717) is 24.5 Å². The minimum atomic E-state index is 0.326. The van der Waals surface area contributed by atoms with Gasteiger partial charge in [-0.15, -0.1) is 10.2 Å². The number of likely N-dealkylation sites (tertiary alicyclic amines) is 1. The number of benzene rings is 1. The summed E-state index contributed by atoms with van der Waals surface area (Å²) < 4.78 is 10.9. The molecule has 1 saturated heterocycles. The molecule has 0 N–H and O–H groups in total. The molecule has 0 amide bonds. The minimum Gasteiger partial charge on any atom is -0.425 e. The summed E-state index contributed by atoms with van der Waals surface area (Å²) in [6.07, 6.45) is 2.28. The van der Waals surface area contributed by atoms with Gasteiger partial charge in [0.05, 0.1) is 12.5 Å². The van der Waals surface area contributed by atoms with E-state index in [1.54, 1.807) is 7.11 Å². The van der Waals surface area contributed by atoms with Gasteiger partial charge in [-0.1, -0.05) is 24.3 Å². The fourth-order valence-corrected chi connectivity index (χ4v) is 3.45. The number of rotatable bonds is 5. The highest BCUT2D eigenvalue weighted by Gasteiger charge is 2.32. The third-order valence-electron chi connectivity index (χ3n) is 4.67. The van der Waals surface area contributed by atoms with Crippen LogP contribution in [0.2, 0.25) is 0 Å². The fraction of sp³-hybridized carbons (Fsp3) is 0.556. The van der Waals surface area contributed by atoms with Crippen molar-refractivity contribution in [3.05, 3.63) is 47.2 Å². The molecule has 0 saturated carbocycles. The van der Waals surface area contributed by atoms with Gasteiger partial charge < -0.3 is 9.15 Å². The SMILES string of the molecule is COCc1cccc(CN2CCC[C@H](c3nnc(C)o3)[C@@H]2C)c1. The summed E-state index contributed by atoms with van der Waals surface area (Å²) in [7, 11) is 1.73. The maximum Gasteiger partial charge on any atom is 0.221 e. The van der Waals surface area contributed by atoms with Gasteiger partial charge in [0.25, 0.3) is 0 Å². The fourth-order valence-electron chi connectivity index (χ4n) is 3.45. The van der Waals surface area contributed by atoms with E-state index in [-0.39, 0.29) is 0 Å². The van der Waals surface area contributed by atoms with Crippen LogP contribution in [-0.2, 0) is 17.9 Å². The third-order valence-corrected chi connectivity index (χ3v) is 4.67. The van der Waals surface area contributed by atoms with Crippen LogP contribution in [0, 0.1) is 6.92 Å². The Kier molecular flexibility index (Phi) is 5.08. The summed E-state index contributed by atoms with van der Waals surface area (Å²) in [5.41, 5.74) is 2.55. The van der Waals surface area contributed by atoms with Gasteiger partial charge in [0, 0.05) is 26.6 Å². The van der Waals surface area contributed by atoms with Crippen molar-refractivity contribution in [2.45, 2.75) is 51.8 Å². The van der Waals surface area contributed by atoms with Crippen LogP contribution in [0.25, 0.3) is 0 Å². The van der Waals surface area contributed by atoms with Crippen LogP contribution in [0.5, 0.6) is 0 Å². The average Bonchev–Trinajstić information content (AvgIpc) is 2.96. The quantitative estimate of drug-likeness (QED) is 0.847. The van der Waals surface area contributed by atoms with E-state index >= 15 is 0 Å². The van der Waals surface area contributed by atoms with Gasteiger partial charge >= 0.3 is 0 Å². The van der Waals surface area contributed by atoms with Crippen molar-refractivity contribution in [3.63, 3.8) is 0 Å². The van der Waals surface area contributed by atoms with E-state index in [2.05, 4.69) is 46.3 Å². The molecule has 0 unspecified atom stereocenters. The first-order valence-corrected chi connectivity index (χ1v) is 8.28. The molecule has 1 aliphatic heterocycles. The van der Waals surface area contributed by atoms with E-state index in [1.165, 1.54) is 11.1 Å². The second-order valence-corrected chi connectivity index (χ2v) is 6.37. The molecule has 23 heavy (non-hydrogen) atoms. The van der Waals surface area contributed by atoms with E-state index < -0.39 is 0 Å². The van der Waals surface area contributed by atoms with Crippen LogP contribution in [0.15, 0.2) is 28.7 Å². The summed E-state index contributed by atoms with van der Waals surface area (Å²) in [5.74, 6) is 1.76. The normalized spacial score (nSPS) is 22.4. The summed E-state index contributed by atoms with van der Waals surface area (Å²) in [6.45, 7) is 6.83. The average molecular weight is 315 g/mol. The maximum absolute atomic E-state index is 5.68. The summed E-state index contributed by atoms with van der Waals surface area (Å²) in [4.78, 5) is 2.51. The second-order valence-electron chi connectivity index (χ2n) is 6.37. The first-order chi connectivity index (χ1) is 11.2. The Bertz CT molecular complexity index is 641. The van der Waals surface area contributed by atoms with Crippen molar-refractivity contribution in [1.29, 1.82) is 0 Å². The highest BCUT2D eigenvalue weighted by molar-refractivity contribution is 5.23. The molecular formula is C18H25N3O2. The molecule has 0 bridgehead atoms. The first-order valence-electron chi connectivity index (χ1n) is 8.28. The zero-order valence-electron chi connectivity index (χ0n) is 14.2. The lowest BCUT2D eigenvalue weighted by molar-refractivity contribution is 0.118. The van der Waals surface area contributed by atoms with Crippen LogP contribution in [0.4, 0.5) is 0 Å². The van der Waals surface area contributed by atoms with Crippen molar-refractivity contribution in [3.8, 4) is 0 Å². The predicted molar refractivity (Wildman–Crippen MR) is 88.0 cm³/mol. The topological polar surface area (TPSA) is 51.4 Å². The number of aromatic nitrogens is 2. The summed E-state index contributed by atoms with van der Waals surface area (Å²) >= 11 is 0. The Morgan fingerprint density at radius 2 is 2.13 bits per heavy atom. The Morgan fingerprint density at radius 3 is 2.87 bits per heavy atom. The predicted octanol–water partition coefficient (Wildman–Crippen LogP) is 3.29. The van der Waals surface area contributed by atoms with E-state index in [9.17, 15) is 0 Å². The summed E-state index contributed by atoms with van der Waals surface area (Å²) in [6, 6.07) is 9.03. The Labute approximate surface area is 137 Å². The van der Waals surface area contributed by atoms with Crippen molar-refractivity contribution < 1.29 is 9.15 Å². The van der Waals surface area contributed by atoms with Crippen LogP contribution in [-0.4, -0.2) is 34.8 Å². The molecule has 2 aromatic rings. The Balaban J connectivity index is 1.71. The molecule has 1 aromatic heterocycles. The van der Waals surface area contributed by atoms with Crippen LogP contribution >= 0.6 is 0 Å². The molecule has 5 nitrogen and oxygen atoms in total. The van der Waals surface area contributed by atoms with Crippen LogP contribution in [0.1, 0.15) is 48.6 Å². The van der Waals surface area contributed by atoms with Crippen molar-refractivity contribution in [1.82, 2.24) is 15.1 Å². The number of hydrogen-bond acceptors (Lipinski definition) is 5. The molecular weight excluding hydrogens is 290 g/mol. The Hall–Kier alpha value is -1.72. The number of methoxy groups -OCH3 is 1. The molecule has 2 atom stereocenters. The number of hydrogen-bond donors (Lipinski definition) is 0. The number of piperidine rings is 1. The highest BCUT2D eigenvalue weighted by atomic mass is 16.5. The van der Waals surface area contributed by atoms with Crippen LogP contribution < -0.4 is 0 Å². The van der Waals surface area contributed by atoms with Gasteiger partial charge in [-0.2, -0.15) is 0 Å². The molecule has 0 aliphatic carbocycles. The maximum atomic E-state index is 5.68. The lowest BCUT2D eigenvalue weighted by atomic mass is 9.89. The van der Waals surface area contributed by atoms with E-state index in [0.717, 1.165) is 31.8 Å². The van der Waals surface area contributed by atoms with Gasteiger partial charge in [-0.3, -0.25) is 4.90 Å². The first kappa shape index (κ1) is 16.1. The zero-order valence-corrected chi connectivity index (χ0v) is 14.2. The van der Waals surface area contributed by atoms with Gasteiger partial charge in [-0.05, 0) is 37.4 Å². The van der Waals surface area contributed by atoms with E-state index in [4.69, 9.17) is 9.15 Å². The molecule has 1 aromatic carbocycles. The minimum absolute atomic E-state index is 0.326. The van der Waals surface area contributed by atoms with Gasteiger partial charge in [0.15, 0.2) is 0 Å². The molecule has 1 aliphatic rings. The number of aryl methyl sites for hydroxylation is 1. The zero-order chi connectivity index (χ0) is 16.2. The Morgan fingerprint density at radius 1 is 1.30 bits per heavy atom. The van der Waals surface area contributed by atoms with Gasteiger partial charge in [0.1, 0.15) is 0 Å². The standard InChI is InChI=1S/C18H25N3O2/c1-13-17(18-20-19-14(2)23-18)8-5-9-21(13)11-15-6-4-7-16(10-15)12-22-3/h4,6-7,10,13,17H,5,8-9,11-12H2,1-3H3/t13-,17-/m0/s1. The number of ether oxygens (including phenoxy) is 1. The molecule has 124 valence electrons. The van der Waals surface area contributed by atoms with Crippen molar-refractivity contribution in [2.75, 3.05) is 13.7 Å². The molecule has 2 heterocycles. The summed E-state index contributed by atoms with van der Waals surface area (Å²) in [5, 5.41) is 8.23. The van der Waals surface area contributed by atoms with Gasteiger partial charge in [0.2, 0.25) is 11.8 Å². The molecule has 3 rings (SSSR count). The molecule has 0 spiro atoms. The van der Waals surface area contributed by atoms with Crippen molar-refractivity contribution >= 4 is 0 Å². The lowest BCUT2D eigenvalue weighted by Crippen LogP contribution is -2.41. The monoisotopic (exact) mass is 315 g/mol. The second kappa shape index (κ2) is 7.23. The van der Waals surface area contributed by atoms with Crippen molar-refractivity contribution in [2.24, 2.45) is 0 Å². The number of nitrogens with zero attached hydrogens (tertiary/aromatic N) is 3. The molecule has 0 radical (unpaired) electrons. The van der Waals surface area contributed by atoms with Crippen LogP contribution in [0.3, 0.4) is 0 Å². The third kappa shape index (κ3) is 3.79. The van der Waals surface area contributed by atoms with Gasteiger partial charge in [-0.25, -0.2) is 0 Å². The van der Waals surface area contributed by atoms with E-state index in [1.807, 2.05) is 6.92 Å². The largest absolute Gasteiger partial charge is 0.425 e. The molecule has 1 fully saturated rings. The lowest BCUT2D eigenvalue weighted by Gasteiger charge is -2.38. The molecule has 5 heteroatoms. The smallest absolute Gasteiger partial charge is 0.221 e. The highest BCUT2D eigenvalue weighted by Crippen LogP contribution is 2.32.